The van der Waals surface area contributed by atoms with Gasteiger partial charge in [0.15, 0.2) is 0 Å². The van der Waals surface area contributed by atoms with Crippen LogP contribution in [-0.2, 0) is 57.1 Å². The summed E-state index contributed by atoms with van der Waals surface area (Å²) in [5.74, 6) is -0.738. The van der Waals surface area contributed by atoms with E-state index in [0.29, 0.717) is 89.3 Å². The van der Waals surface area contributed by atoms with Crippen molar-refractivity contribution in [3.8, 4) is 0 Å². The lowest BCUT2D eigenvalue weighted by Crippen LogP contribution is -2.15. The number of esters is 8. The molecule has 0 bridgehead atoms. The van der Waals surface area contributed by atoms with Crippen molar-refractivity contribution in [2.45, 2.75) is 377 Å². The SMILES string of the molecule is CC(C)CCCCCCCOC(=O)c1ccccc1C(=O)OCCCCCCCC(C)C.CCCCCCCCOC(=O)CCCCC(=O)OCCCCCCCC.CCCCCCCCOC(=O)CCCCCCCCC(=O)OCCCCCCCC.CCOC(=O)c1ccccc1C(=O)OCC. The van der Waals surface area contributed by atoms with Crippen LogP contribution in [0.3, 0.4) is 0 Å². The highest BCUT2D eigenvalue weighted by molar-refractivity contribution is 6.03. The molecule has 0 aliphatic rings. The van der Waals surface area contributed by atoms with E-state index in [1.54, 1.807) is 62.4 Å². The van der Waals surface area contributed by atoms with Gasteiger partial charge in [0.25, 0.3) is 0 Å². The standard InChI is InChI=1S/C28H46O4.C26H50O4.C22H42O4.C12H14O4/c1-23(2)17-11-7-5-9-15-21-31-27(29)25-19-13-14-20-26(25)28(30)32-22-16-10-6-8-12-18-24(3)4;1-3-5-7-9-15-19-23-29-25(27)21-17-13-11-12-14-18-22-26(28)30-24-20-16-10-8-6-4-2;1-3-5-7-9-11-15-19-25-21(23)17-13-14-18-22(24)26-20-16-12-10-8-6-4-2;1-3-15-11(13)9-7-5-6-8-10(9)12(14)16-4-2/h13-14,19-20,23-24H,5-12,15-18,21-22H2,1-4H3;3-24H2,1-2H3;3-20H2,1-2H3;5-8H,3-4H2,1-2H3. The molecule has 0 spiro atoms. The third kappa shape index (κ3) is 66.9. The second-order valence-corrected chi connectivity index (χ2v) is 28.5. The molecule has 600 valence electrons. The quantitative estimate of drug-likeness (QED) is 0.0342. The number of ether oxygens (including phenoxy) is 8. The molecule has 16 heteroatoms. The maximum absolute atomic E-state index is 12.5. The summed E-state index contributed by atoms with van der Waals surface area (Å²) in [4.78, 5) is 94.6. The van der Waals surface area contributed by atoms with Gasteiger partial charge in [-0.2, -0.15) is 0 Å². The molecule has 0 aromatic heterocycles. The minimum atomic E-state index is -0.508. The normalized spacial score (nSPS) is 10.7. The van der Waals surface area contributed by atoms with Crippen molar-refractivity contribution in [1.29, 1.82) is 0 Å². The molecule has 16 nitrogen and oxygen atoms in total. The Kier molecular flexibility index (Phi) is 74.1. The molecule has 0 amide bonds. The van der Waals surface area contributed by atoms with Gasteiger partial charge >= 0.3 is 47.8 Å². The van der Waals surface area contributed by atoms with Crippen LogP contribution in [0.15, 0.2) is 48.5 Å². The predicted octanol–water partition coefficient (Wildman–Crippen LogP) is 24.3. The van der Waals surface area contributed by atoms with Crippen LogP contribution in [0.25, 0.3) is 0 Å². The van der Waals surface area contributed by atoms with Gasteiger partial charge in [0.2, 0.25) is 0 Å². The monoisotopic (exact) mass is 1470 g/mol. The number of unbranched alkanes of at least 4 members (excludes halogenated alkanes) is 34. The fourth-order valence-electron chi connectivity index (χ4n) is 11.3. The largest absolute Gasteiger partial charge is 0.466 e. The van der Waals surface area contributed by atoms with Crippen molar-refractivity contribution in [3.63, 3.8) is 0 Å². The van der Waals surface area contributed by atoms with Crippen LogP contribution in [-0.4, -0.2) is 101 Å². The third-order valence-electron chi connectivity index (χ3n) is 17.7. The Hall–Kier alpha value is -5.80. The van der Waals surface area contributed by atoms with Gasteiger partial charge in [-0.3, -0.25) is 19.2 Å². The smallest absolute Gasteiger partial charge is 0.339 e. The van der Waals surface area contributed by atoms with Crippen molar-refractivity contribution in [2.24, 2.45) is 11.8 Å². The fraction of sp³-hybridized carbons (Fsp3) is 0.773. The number of carbonyl (C=O) groups excluding carboxylic acids is 8. The lowest BCUT2D eigenvalue weighted by molar-refractivity contribution is -0.146. The number of benzene rings is 2. The molecule has 0 aliphatic heterocycles. The number of hydrogen-bond acceptors (Lipinski definition) is 16. The van der Waals surface area contributed by atoms with Gasteiger partial charge in [0.1, 0.15) is 0 Å². The Labute approximate surface area is 633 Å². The molecule has 0 atom stereocenters. The maximum atomic E-state index is 12.5. The average Bonchev–Trinajstić information content (AvgIpc) is 0.854. The number of rotatable bonds is 64. The molecule has 0 radical (unpaired) electrons. The van der Waals surface area contributed by atoms with Crippen molar-refractivity contribution in [2.75, 3.05) is 52.9 Å². The molecule has 0 unspecified atom stereocenters. The van der Waals surface area contributed by atoms with Gasteiger partial charge in [-0.15, -0.1) is 0 Å². The van der Waals surface area contributed by atoms with E-state index in [0.717, 1.165) is 115 Å². The maximum Gasteiger partial charge on any atom is 0.339 e. The second kappa shape index (κ2) is 76.8. The lowest BCUT2D eigenvalue weighted by Gasteiger charge is -2.10. The average molecular weight is 1470 g/mol. The number of hydrogen-bond donors (Lipinski definition) is 0. The van der Waals surface area contributed by atoms with Gasteiger partial charge in [-0.25, -0.2) is 19.2 Å². The summed E-state index contributed by atoms with van der Waals surface area (Å²) >= 11 is 0. The van der Waals surface area contributed by atoms with E-state index in [2.05, 4.69) is 55.4 Å². The first-order chi connectivity index (χ1) is 50.5. The molecule has 104 heavy (non-hydrogen) atoms. The van der Waals surface area contributed by atoms with E-state index in [1.165, 1.54) is 167 Å². The Bertz CT molecular complexity index is 2210. The zero-order valence-corrected chi connectivity index (χ0v) is 67.9. The first-order valence-corrected chi connectivity index (χ1v) is 42.0. The van der Waals surface area contributed by atoms with E-state index >= 15 is 0 Å². The van der Waals surface area contributed by atoms with E-state index in [-0.39, 0.29) is 48.2 Å². The van der Waals surface area contributed by atoms with E-state index in [9.17, 15) is 38.4 Å². The van der Waals surface area contributed by atoms with Crippen molar-refractivity contribution < 1.29 is 76.3 Å². The van der Waals surface area contributed by atoms with Crippen LogP contribution in [0.4, 0.5) is 0 Å². The Morgan fingerprint density at radius 3 is 0.635 bits per heavy atom. The molecule has 0 heterocycles. The topological polar surface area (TPSA) is 210 Å². The Balaban J connectivity index is 0. The van der Waals surface area contributed by atoms with Crippen LogP contribution in [0.1, 0.15) is 419 Å². The van der Waals surface area contributed by atoms with Crippen molar-refractivity contribution in [1.82, 2.24) is 0 Å². The van der Waals surface area contributed by atoms with E-state index in [1.807, 2.05) is 0 Å². The molecule has 2 aromatic rings. The summed E-state index contributed by atoms with van der Waals surface area (Å²) in [6, 6.07) is 13.2. The summed E-state index contributed by atoms with van der Waals surface area (Å²) in [7, 11) is 0. The predicted molar refractivity (Wildman–Crippen MR) is 423 cm³/mol. The van der Waals surface area contributed by atoms with Crippen LogP contribution >= 0.6 is 0 Å². The molecule has 2 aromatic carbocycles. The number of carbonyl (C=O) groups is 8. The van der Waals surface area contributed by atoms with Gasteiger partial charge in [0.05, 0.1) is 75.1 Å². The zero-order chi connectivity index (χ0) is 77.0. The second-order valence-electron chi connectivity index (χ2n) is 28.5. The summed E-state index contributed by atoms with van der Waals surface area (Å²) in [5, 5.41) is 0. The highest BCUT2D eigenvalue weighted by atomic mass is 16.6. The molecule has 0 N–H and O–H groups in total. The molecule has 0 fully saturated rings. The van der Waals surface area contributed by atoms with Crippen LogP contribution in [0, 0.1) is 11.8 Å². The molecule has 0 aliphatic carbocycles. The third-order valence-corrected chi connectivity index (χ3v) is 17.7. The molecule has 0 saturated carbocycles. The molecular formula is C88H152O16. The van der Waals surface area contributed by atoms with Crippen LogP contribution in [0.5, 0.6) is 0 Å². The van der Waals surface area contributed by atoms with Crippen LogP contribution < -0.4 is 0 Å². The minimum absolute atomic E-state index is 0.0448. The highest BCUT2D eigenvalue weighted by Gasteiger charge is 2.20. The molecule has 2 rings (SSSR count). The summed E-state index contributed by atoms with van der Waals surface area (Å²) in [6.45, 7) is 24.9. The summed E-state index contributed by atoms with van der Waals surface area (Å²) in [6.07, 6.45) is 52.1. The van der Waals surface area contributed by atoms with Gasteiger partial charge in [0, 0.05) is 25.7 Å². The van der Waals surface area contributed by atoms with Gasteiger partial charge in [-0.05, 0) is 114 Å². The van der Waals surface area contributed by atoms with E-state index < -0.39 is 23.9 Å². The minimum Gasteiger partial charge on any atom is -0.466 e. The molecular weight excluding hydrogens is 1310 g/mol. The zero-order valence-electron chi connectivity index (χ0n) is 67.9. The van der Waals surface area contributed by atoms with Gasteiger partial charge in [-0.1, -0.05) is 298 Å². The lowest BCUT2D eigenvalue weighted by atomic mass is 10.0. The first kappa shape index (κ1) is 100. The van der Waals surface area contributed by atoms with Crippen molar-refractivity contribution >= 4 is 47.8 Å². The van der Waals surface area contributed by atoms with Crippen LogP contribution in [0.2, 0.25) is 0 Å². The Morgan fingerprint density at radius 2 is 0.413 bits per heavy atom. The van der Waals surface area contributed by atoms with E-state index in [4.69, 9.17) is 37.9 Å². The highest BCUT2D eigenvalue weighted by Crippen LogP contribution is 2.19. The fourth-order valence-corrected chi connectivity index (χ4v) is 11.3. The molecule has 0 saturated heterocycles. The first-order valence-electron chi connectivity index (χ1n) is 42.0. The Morgan fingerprint density at radius 1 is 0.231 bits per heavy atom. The summed E-state index contributed by atoms with van der Waals surface area (Å²) < 4.78 is 41.6. The van der Waals surface area contributed by atoms with Crippen molar-refractivity contribution in [3.05, 3.63) is 70.8 Å². The van der Waals surface area contributed by atoms with Gasteiger partial charge < -0.3 is 37.9 Å². The summed E-state index contributed by atoms with van der Waals surface area (Å²) in [5.41, 5.74) is 1.07.